The van der Waals surface area contributed by atoms with Crippen molar-refractivity contribution in [2.45, 2.75) is 44.8 Å². The number of rotatable bonds is 4. The molecule has 0 saturated carbocycles. The number of carbonyl (C=O) groups is 1. The molecule has 2 aromatic rings. The summed E-state index contributed by atoms with van der Waals surface area (Å²) in [5.74, 6) is -0.0995. The molecule has 3 rings (SSSR count). The largest absolute Gasteiger partial charge is 0.393 e. The van der Waals surface area contributed by atoms with Crippen LogP contribution in [-0.2, 0) is 0 Å². The van der Waals surface area contributed by atoms with Crippen molar-refractivity contribution in [2.24, 2.45) is 0 Å². The lowest BCUT2D eigenvalue weighted by Crippen LogP contribution is -2.45. The molecule has 2 unspecified atom stereocenters. The minimum absolute atomic E-state index is 0.0816. The van der Waals surface area contributed by atoms with Crippen molar-refractivity contribution in [3.8, 4) is 5.69 Å². The molecule has 6 heteroatoms. The first-order chi connectivity index (χ1) is 11.1. The first-order valence-corrected chi connectivity index (χ1v) is 8.12. The molecule has 1 saturated heterocycles. The number of hydrogen-bond acceptors (Lipinski definition) is 4. The lowest BCUT2D eigenvalue weighted by atomic mass is 9.97. The number of aliphatic hydroxyl groups is 1. The standard InChI is InChI=1S/C17H22N4O2/c1-13(22)11-15-9-5-6-10-20(15)17(23)16-12-18-21(19-16)14-7-3-2-4-8-14/h2-4,7-8,12-13,15,22H,5-6,9-11H2,1H3. The fourth-order valence-corrected chi connectivity index (χ4v) is 3.10. The zero-order valence-corrected chi connectivity index (χ0v) is 13.3. The first kappa shape index (κ1) is 15.7. The van der Waals surface area contributed by atoms with Gasteiger partial charge in [-0.3, -0.25) is 4.79 Å². The summed E-state index contributed by atoms with van der Waals surface area (Å²) in [5.41, 5.74) is 1.18. The molecule has 2 atom stereocenters. The Morgan fingerprint density at radius 3 is 2.87 bits per heavy atom. The summed E-state index contributed by atoms with van der Waals surface area (Å²) in [6.45, 7) is 2.48. The molecule has 0 spiro atoms. The van der Waals surface area contributed by atoms with Gasteiger partial charge in [0.1, 0.15) is 0 Å². The molecule has 23 heavy (non-hydrogen) atoms. The van der Waals surface area contributed by atoms with E-state index in [1.165, 1.54) is 11.0 Å². The molecule has 2 heterocycles. The highest BCUT2D eigenvalue weighted by atomic mass is 16.3. The molecule has 1 fully saturated rings. The molecule has 1 aromatic heterocycles. The van der Waals surface area contributed by atoms with Gasteiger partial charge in [0.2, 0.25) is 0 Å². The summed E-state index contributed by atoms with van der Waals surface area (Å²) in [6, 6.07) is 9.61. The number of nitrogens with zero attached hydrogens (tertiary/aromatic N) is 4. The predicted molar refractivity (Wildman–Crippen MR) is 86.3 cm³/mol. The zero-order valence-electron chi connectivity index (χ0n) is 13.3. The highest BCUT2D eigenvalue weighted by Gasteiger charge is 2.29. The third kappa shape index (κ3) is 3.59. The maximum absolute atomic E-state index is 12.8. The fraction of sp³-hybridized carbons (Fsp3) is 0.471. The normalized spacial score (nSPS) is 19.6. The van der Waals surface area contributed by atoms with E-state index in [0.717, 1.165) is 24.9 Å². The number of amides is 1. The summed E-state index contributed by atoms with van der Waals surface area (Å²) in [4.78, 5) is 16.1. The van der Waals surface area contributed by atoms with Crippen LogP contribution in [0, 0.1) is 0 Å². The molecular weight excluding hydrogens is 292 g/mol. The van der Waals surface area contributed by atoms with Crippen molar-refractivity contribution in [2.75, 3.05) is 6.54 Å². The van der Waals surface area contributed by atoms with Gasteiger partial charge in [-0.05, 0) is 44.7 Å². The average Bonchev–Trinajstić information content (AvgIpc) is 3.05. The Morgan fingerprint density at radius 1 is 1.35 bits per heavy atom. The van der Waals surface area contributed by atoms with Crippen LogP contribution in [0.3, 0.4) is 0 Å². The van der Waals surface area contributed by atoms with Crippen molar-refractivity contribution in [1.82, 2.24) is 19.9 Å². The Hall–Kier alpha value is -2.21. The summed E-state index contributed by atoms with van der Waals surface area (Å²) < 4.78 is 0. The lowest BCUT2D eigenvalue weighted by Gasteiger charge is -2.36. The van der Waals surface area contributed by atoms with E-state index in [-0.39, 0.29) is 11.9 Å². The third-order valence-corrected chi connectivity index (χ3v) is 4.20. The maximum atomic E-state index is 12.8. The van der Waals surface area contributed by atoms with Gasteiger partial charge in [0.05, 0.1) is 18.0 Å². The molecule has 0 bridgehead atoms. The van der Waals surface area contributed by atoms with Crippen molar-refractivity contribution in [3.63, 3.8) is 0 Å². The quantitative estimate of drug-likeness (QED) is 0.937. The number of benzene rings is 1. The predicted octanol–water partition coefficient (Wildman–Crippen LogP) is 2.03. The molecule has 1 aliphatic rings. The van der Waals surface area contributed by atoms with Gasteiger partial charge >= 0.3 is 0 Å². The monoisotopic (exact) mass is 314 g/mol. The van der Waals surface area contributed by atoms with Gasteiger partial charge in [-0.25, -0.2) is 0 Å². The van der Waals surface area contributed by atoms with Gasteiger partial charge in [0.25, 0.3) is 5.91 Å². The van der Waals surface area contributed by atoms with E-state index in [4.69, 9.17) is 0 Å². The van der Waals surface area contributed by atoms with Crippen LogP contribution >= 0.6 is 0 Å². The number of aliphatic hydroxyl groups excluding tert-OH is 1. The van der Waals surface area contributed by atoms with E-state index >= 15 is 0 Å². The van der Waals surface area contributed by atoms with E-state index in [9.17, 15) is 9.90 Å². The molecule has 6 nitrogen and oxygen atoms in total. The van der Waals surface area contributed by atoms with E-state index in [1.54, 1.807) is 6.92 Å². The zero-order chi connectivity index (χ0) is 16.2. The second-order valence-electron chi connectivity index (χ2n) is 6.09. The van der Waals surface area contributed by atoms with Crippen LogP contribution in [-0.4, -0.2) is 49.6 Å². The second kappa shape index (κ2) is 6.91. The van der Waals surface area contributed by atoms with Crippen LogP contribution < -0.4 is 0 Å². The van der Waals surface area contributed by atoms with Crippen molar-refractivity contribution < 1.29 is 9.90 Å². The molecule has 1 aliphatic heterocycles. The second-order valence-corrected chi connectivity index (χ2v) is 6.09. The molecule has 1 aromatic carbocycles. The van der Waals surface area contributed by atoms with Gasteiger partial charge in [-0.1, -0.05) is 18.2 Å². The number of para-hydroxylation sites is 1. The Bertz CT molecular complexity index is 654. The van der Waals surface area contributed by atoms with Crippen LogP contribution in [0.25, 0.3) is 5.69 Å². The van der Waals surface area contributed by atoms with E-state index in [0.29, 0.717) is 18.7 Å². The minimum Gasteiger partial charge on any atom is -0.393 e. The lowest BCUT2D eigenvalue weighted by molar-refractivity contribution is 0.0509. The Labute approximate surface area is 135 Å². The van der Waals surface area contributed by atoms with Gasteiger partial charge in [-0.2, -0.15) is 9.90 Å². The van der Waals surface area contributed by atoms with Gasteiger partial charge in [0.15, 0.2) is 5.69 Å². The van der Waals surface area contributed by atoms with Crippen LogP contribution in [0.2, 0.25) is 0 Å². The van der Waals surface area contributed by atoms with E-state index < -0.39 is 6.10 Å². The number of carbonyl (C=O) groups excluding carboxylic acids is 1. The maximum Gasteiger partial charge on any atom is 0.276 e. The molecule has 122 valence electrons. The van der Waals surface area contributed by atoms with Crippen LogP contribution in [0.4, 0.5) is 0 Å². The molecule has 1 N–H and O–H groups in total. The Balaban J connectivity index is 1.78. The van der Waals surface area contributed by atoms with Crippen molar-refractivity contribution >= 4 is 5.91 Å². The topological polar surface area (TPSA) is 71.2 Å². The summed E-state index contributed by atoms with van der Waals surface area (Å²) >= 11 is 0. The fourth-order valence-electron chi connectivity index (χ4n) is 3.10. The molecule has 0 radical (unpaired) electrons. The van der Waals surface area contributed by atoms with Gasteiger partial charge in [-0.15, -0.1) is 5.10 Å². The highest BCUT2D eigenvalue weighted by molar-refractivity contribution is 5.92. The first-order valence-electron chi connectivity index (χ1n) is 8.12. The van der Waals surface area contributed by atoms with E-state index in [1.807, 2.05) is 35.2 Å². The van der Waals surface area contributed by atoms with Gasteiger partial charge < -0.3 is 10.0 Å². The Morgan fingerprint density at radius 2 is 2.13 bits per heavy atom. The van der Waals surface area contributed by atoms with Crippen LogP contribution in [0.1, 0.15) is 43.1 Å². The van der Waals surface area contributed by atoms with Crippen molar-refractivity contribution in [1.29, 1.82) is 0 Å². The van der Waals surface area contributed by atoms with E-state index in [2.05, 4.69) is 10.2 Å². The number of hydrogen-bond donors (Lipinski definition) is 1. The van der Waals surface area contributed by atoms with Crippen molar-refractivity contribution in [3.05, 3.63) is 42.2 Å². The highest BCUT2D eigenvalue weighted by Crippen LogP contribution is 2.22. The number of aromatic nitrogens is 3. The molecular formula is C17H22N4O2. The number of piperidine rings is 1. The molecule has 1 amide bonds. The summed E-state index contributed by atoms with van der Waals surface area (Å²) in [7, 11) is 0. The van der Waals surface area contributed by atoms with Crippen LogP contribution in [0.5, 0.6) is 0 Å². The summed E-state index contributed by atoms with van der Waals surface area (Å²) in [6.07, 6.45) is 4.74. The summed E-state index contributed by atoms with van der Waals surface area (Å²) in [5, 5.41) is 18.2. The van der Waals surface area contributed by atoms with Gasteiger partial charge in [0, 0.05) is 12.6 Å². The Kier molecular flexibility index (Phi) is 4.71. The minimum atomic E-state index is -0.409. The number of likely N-dealkylation sites (tertiary alicyclic amines) is 1. The molecule has 0 aliphatic carbocycles. The SMILES string of the molecule is CC(O)CC1CCCCN1C(=O)c1cnn(-c2ccccc2)n1. The third-order valence-electron chi connectivity index (χ3n) is 4.20. The smallest absolute Gasteiger partial charge is 0.276 e. The van der Waals surface area contributed by atoms with Crippen LogP contribution in [0.15, 0.2) is 36.5 Å². The average molecular weight is 314 g/mol.